The molecule has 0 saturated carbocycles. The molecule has 0 aliphatic heterocycles. The van der Waals surface area contributed by atoms with Crippen LogP contribution in [0.5, 0.6) is 0 Å². The standard InChI is InChI=1S/C44H32N4O/c1-44(2,3)28-22-23-45-41(25-28)48-36-18-10-7-15-33(36)42-32-14-5-4-13-30(32)38(26-39(42)48)47-35-17-9-6-12-29(35)31-21-20-27(24-37(31)47)43-46-34-16-8-11-19-40(34)49-43/h4-26H,1-3H3. The second-order valence-electron chi connectivity index (χ2n) is 13.9. The fourth-order valence-corrected chi connectivity index (χ4v) is 7.61. The van der Waals surface area contributed by atoms with Gasteiger partial charge in [0.1, 0.15) is 11.3 Å². The second kappa shape index (κ2) is 10.1. The van der Waals surface area contributed by atoms with Crippen LogP contribution in [0.1, 0.15) is 26.3 Å². The molecule has 5 nitrogen and oxygen atoms in total. The highest BCUT2D eigenvalue weighted by Gasteiger charge is 2.22. The molecule has 234 valence electrons. The Labute approximate surface area is 282 Å². The van der Waals surface area contributed by atoms with Crippen molar-refractivity contribution in [2.24, 2.45) is 0 Å². The summed E-state index contributed by atoms with van der Waals surface area (Å²) in [6.45, 7) is 6.75. The maximum atomic E-state index is 6.25. The monoisotopic (exact) mass is 632 g/mol. The predicted molar refractivity (Wildman–Crippen MR) is 202 cm³/mol. The molecule has 0 saturated heterocycles. The first-order valence-corrected chi connectivity index (χ1v) is 16.8. The first-order valence-electron chi connectivity index (χ1n) is 16.8. The maximum Gasteiger partial charge on any atom is 0.227 e. The number of fused-ring (bicyclic) bond motifs is 9. The van der Waals surface area contributed by atoms with Gasteiger partial charge in [-0.05, 0) is 71.0 Å². The average Bonchev–Trinajstić information content (AvgIpc) is 3.81. The van der Waals surface area contributed by atoms with Gasteiger partial charge < -0.3 is 8.98 Å². The third-order valence-electron chi connectivity index (χ3n) is 9.95. The van der Waals surface area contributed by atoms with Gasteiger partial charge in [0.25, 0.3) is 0 Å². The molecule has 4 heterocycles. The number of rotatable bonds is 3. The van der Waals surface area contributed by atoms with Crippen LogP contribution in [0.3, 0.4) is 0 Å². The van der Waals surface area contributed by atoms with E-state index in [9.17, 15) is 0 Å². The van der Waals surface area contributed by atoms with E-state index >= 15 is 0 Å². The first kappa shape index (κ1) is 27.9. The van der Waals surface area contributed by atoms with E-state index in [2.05, 4.69) is 139 Å². The summed E-state index contributed by atoms with van der Waals surface area (Å²) < 4.78 is 11.0. The topological polar surface area (TPSA) is 48.8 Å². The second-order valence-corrected chi connectivity index (χ2v) is 13.9. The summed E-state index contributed by atoms with van der Waals surface area (Å²) in [5.74, 6) is 1.53. The minimum Gasteiger partial charge on any atom is -0.436 e. The number of aromatic nitrogens is 4. The van der Waals surface area contributed by atoms with Crippen molar-refractivity contribution in [2.75, 3.05) is 0 Å². The third kappa shape index (κ3) is 4.12. The van der Waals surface area contributed by atoms with Crippen LogP contribution in [-0.2, 0) is 5.41 Å². The molecule has 0 atom stereocenters. The quantitative estimate of drug-likeness (QED) is 0.195. The van der Waals surface area contributed by atoms with E-state index in [0.717, 1.165) is 50.2 Å². The zero-order valence-corrected chi connectivity index (χ0v) is 27.5. The lowest BCUT2D eigenvalue weighted by Crippen LogP contribution is -2.12. The molecular formula is C44H32N4O. The van der Waals surface area contributed by atoms with Crippen molar-refractivity contribution in [3.63, 3.8) is 0 Å². The zero-order chi connectivity index (χ0) is 32.9. The molecule has 49 heavy (non-hydrogen) atoms. The van der Waals surface area contributed by atoms with E-state index in [1.165, 1.54) is 37.9 Å². The summed E-state index contributed by atoms with van der Waals surface area (Å²) in [7, 11) is 0. The molecule has 6 aromatic carbocycles. The zero-order valence-electron chi connectivity index (χ0n) is 27.5. The molecule has 5 heteroatoms. The van der Waals surface area contributed by atoms with Crippen molar-refractivity contribution < 1.29 is 4.42 Å². The Balaban J connectivity index is 1.33. The Hall–Kier alpha value is -6.20. The summed E-state index contributed by atoms with van der Waals surface area (Å²) in [6.07, 6.45) is 1.94. The predicted octanol–water partition coefficient (Wildman–Crippen LogP) is 11.5. The number of para-hydroxylation sites is 4. The molecule has 0 aliphatic rings. The molecule has 0 radical (unpaired) electrons. The molecule has 10 rings (SSSR count). The molecule has 4 aromatic heterocycles. The van der Waals surface area contributed by atoms with Gasteiger partial charge >= 0.3 is 0 Å². The van der Waals surface area contributed by atoms with Gasteiger partial charge in [0, 0.05) is 38.7 Å². The number of hydrogen-bond acceptors (Lipinski definition) is 3. The average molecular weight is 633 g/mol. The van der Waals surface area contributed by atoms with Crippen LogP contribution in [0.25, 0.3) is 88.4 Å². The van der Waals surface area contributed by atoms with Gasteiger partial charge in [-0.25, -0.2) is 9.97 Å². The highest BCUT2D eigenvalue weighted by molar-refractivity contribution is 6.24. The highest BCUT2D eigenvalue weighted by atomic mass is 16.3. The molecular weight excluding hydrogens is 601 g/mol. The van der Waals surface area contributed by atoms with Crippen molar-refractivity contribution >= 4 is 65.5 Å². The summed E-state index contributed by atoms with van der Waals surface area (Å²) in [5, 5.41) is 7.21. The molecule has 0 N–H and O–H groups in total. The molecule has 0 fully saturated rings. The van der Waals surface area contributed by atoms with E-state index < -0.39 is 0 Å². The van der Waals surface area contributed by atoms with Crippen LogP contribution in [-0.4, -0.2) is 19.1 Å². The lowest BCUT2D eigenvalue weighted by molar-refractivity contribution is 0.588. The molecule has 0 spiro atoms. The molecule has 0 bridgehead atoms. The Morgan fingerprint density at radius 1 is 0.551 bits per heavy atom. The van der Waals surface area contributed by atoms with Crippen LogP contribution in [0, 0.1) is 0 Å². The number of hydrogen-bond donors (Lipinski definition) is 0. The van der Waals surface area contributed by atoms with Crippen molar-refractivity contribution in [1.29, 1.82) is 0 Å². The first-order chi connectivity index (χ1) is 23.9. The van der Waals surface area contributed by atoms with Crippen molar-refractivity contribution in [3.8, 4) is 23.0 Å². The number of oxazole rings is 1. The Morgan fingerprint density at radius 3 is 2.02 bits per heavy atom. The minimum absolute atomic E-state index is 0.0102. The van der Waals surface area contributed by atoms with Gasteiger partial charge in [-0.2, -0.15) is 0 Å². The van der Waals surface area contributed by atoms with Crippen LogP contribution < -0.4 is 0 Å². The van der Waals surface area contributed by atoms with Crippen molar-refractivity contribution in [1.82, 2.24) is 19.1 Å². The van der Waals surface area contributed by atoms with E-state index in [4.69, 9.17) is 14.4 Å². The van der Waals surface area contributed by atoms with Crippen LogP contribution in [0.2, 0.25) is 0 Å². The largest absolute Gasteiger partial charge is 0.436 e. The molecule has 0 unspecified atom stereocenters. The Morgan fingerprint density at radius 2 is 1.22 bits per heavy atom. The minimum atomic E-state index is -0.0102. The summed E-state index contributed by atoms with van der Waals surface area (Å²) in [4.78, 5) is 9.81. The van der Waals surface area contributed by atoms with Crippen LogP contribution in [0.4, 0.5) is 0 Å². The van der Waals surface area contributed by atoms with Gasteiger partial charge in [0.2, 0.25) is 5.89 Å². The lowest BCUT2D eigenvalue weighted by Gasteiger charge is -2.20. The summed E-state index contributed by atoms with van der Waals surface area (Å²) >= 11 is 0. The normalized spacial score (nSPS) is 12.4. The van der Waals surface area contributed by atoms with Crippen molar-refractivity contribution in [3.05, 3.63) is 145 Å². The van der Waals surface area contributed by atoms with Gasteiger partial charge in [0.05, 0.1) is 27.8 Å². The van der Waals surface area contributed by atoms with Crippen molar-refractivity contribution in [2.45, 2.75) is 26.2 Å². The van der Waals surface area contributed by atoms with E-state index in [-0.39, 0.29) is 5.41 Å². The fraction of sp³-hybridized carbons (Fsp3) is 0.0909. The Bertz CT molecular complexity index is 2900. The summed E-state index contributed by atoms with van der Waals surface area (Å²) in [6, 6.07) is 47.4. The molecule has 10 aromatic rings. The SMILES string of the molecule is CC(C)(C)c1ccnc(-n2c3ccccc3c3c4ccccc4c(-n4c5ccccc5c5ccc(-c6nc7ccccc7o6)cc54)cc32)c1. The van der Waals surface area contributed by atoms with Crippen LogP contribution in [0.15, 0.2) is 144 Å². The Kier molecular flexibility index (Phi) is 5.77. The van der Waals surface area contributed by atoms with E-state index in [1.54, 1.807) is 0 Å². The number of nitrogens with zero attached hydrogens (tertiary/aromatic N) is 4. The third-order valence-corrected chi connectivity index (χ3v) is 9.95. The number of benzene rings is 6. The lowest BCUT2D eigenvalue weighted by atomic mass is 9.88. The van der Waals surface area contributed by atoms with Gasteiger partial charge in [0.15, 0.2) is 5.58 Å². The highest BCUT2D eigenvalue weighted by Crippen LogP contribution is 2.43. The maximum absolute atomic E-state index is 6.25. The fourth-order valence-electron chi connectivity index (χ4n) is 7.61. The van der Waals surface area contributed by atoms with Crippen LogP contribution >= 0.6 is 0 Å². The van der Waals surface area contributed by atoms with Gasteiger partial charge in [-0.15, -0.1) is 0 Å². The molecule has 0 amide bonds. The number of pyridine rings is 1. The smallest absolute Gasteiger partial charge is 0.227 e. The molecule has 0 aliphatic carbocycles. The van der Waals surface area contributed by atoms with E-state index in [1.807, 2.05) is 30.5 Å². The van der Waals surface area contributed by atoms with Gasteiger partial charge in [-0.1, -0.05) is 99.6 Å². The summed E-state index contributed by atoms with van der Waals surface area (Å²) in [5.41, 5.74) is 9.43. The van der Waals surface area contributed by atoms with Gasteiger partial charge in [-0.3, -0.25) is 4.57 Å². The van der Waals surface area contributed by atoms with E-state index in [0.29, 0.717) is 5.89 Å².